The van der Waals surface area contributed by atoms with Gasteiger partial charge in [0.2, 0.25) is 0 Å². The second kappa shape index (κ2) is 7.25. The number of hydrogen-bond donors (Lipinski definition) is 1. The van der Waals surface area contributed by atoms with Gasteiger partial charge in [0, 0.05) is 4.90 Å². The fourth-order valence-electron chi connectivity index (χ4n) is 2.67. The summed E-state index contributed by atoms with van der Waals surface area (Å²) in [5.74, 6) is -0.834. The summed E-state index contributed by atoms with van der Waals surface area (Å²) in [7, 11) is 0. The van der Waals surface area contributed by atoms with Gasteiger partial charge in [-0.3, -0.25) is 9.97 Å². The van der Waals surface area contributed by atoms with Crippen LogP contribution < -0.4 is 0 Å². The molecule has 27 heavy (non-hydrogen) atoms. The van der Waals surface area contributed by atoms with Gasteiger partial charge in [-0.05, 0) is 59.7 Å². The third-order valence-corrected chi connectivity index (χ3v) is 4.30. The van der Waals surface area contributed by atoms with Crippen molar-refractivity contribution >= 4 is 12.6 Å². The van der Waals surface area contributed by atoms with Gasteiger partial charge in [-0.1, -0.05) is 12.1 Å². The summed E-state index contributed by atoms with van der Waals surface area (Å²) < 4.78 is 26.5. The van der Waals surface area contributed by atoms with Crippen LogP contribution in [0.3, 0.4) is 0 Å². The van der Waals surface area contributed by atoms with Gasteiger partial charge >= 0.3 is 0 Å². The Labute approximate surface area is 160 Å². The van der Waals surface area contributed by atoms with Crippen molar-refractivity contribution in [1.29, 1.82) is 0 Å². The zero-order chi connectivity index (χ0) is 18.8. The largest absolute Gasteiger partial charge is 0.252 e. The van der Waals surface area contributed by atoms with Gasteiger partial charge < -0.3 is 0 Å². The van der Waals surface area contributed by atoms with Gasteiger partial charge in [0.05, 0.1) is 35.2 Å². The third-order valence-electron chi connectivity index (χ3n) is 4.01. The molecule has 0 amide bonds. The minimum atomic E-state index is -0.417. The van der Waals surface area contributed by atoms with Crippen molar-refractivity contribution in [2.24, 2.45) is 0 Å². The van der Waals surface area contributed by atoms with E-state index >= 15 is 0 Å². The van der Waals surface area contributed by atoms with Crippen molar-refractivity contribution < 1.29 is 8.78 Å². The van der Waals surface area contributed by atoms with Crippen LogP contribution in [0.1, 0.15) is 0 Å². The monoisotopic (exact) mass is 377 g/mol. The van der Waals surface area contributed by atoms with Crippen LogP contribution in [0.2, 0.25) is 0 Å². The highest BCUT2D eigenvalue weighted by molar-refractivity contribution is 7.80. The molecule has 0 aliphatic heterocycles. The number of aromatic nitrogens is 3. The second-order valence-electron chi connectivity index (χ2n) is 5.90. The topological polar surface area (TPSA) is 38.7 Å². The quantitative estimate of drug-likeness (QED) is 0.483. The van der Waals surface area contributed by atoms with Crippen LogP contribution in [0.5, 0.6) is 0 Å². The summed E-state index contributed by atoms with van der Waals surface area (Å²) in [6.07, 6.45) is 2.30. The molecular weight excluding hydrogens is 364 g/mol. The molecule has 3 heterocycles. The molecule has 0 aliphatic carbocycles. The molecule has 4 rings (SSSR count). The van der Waals surface area contributed by atoms with E-state index in [2.05, 4.69) is 27.6 Å². The normalized spacial score (nSPS) is 10.8. The van der Waals surface area contributed by atoms with Gasteiger partial charge in [-0.15, -0.1) is 12.6 Å². The van der Waals surface area contributed by atoms with E-state index in [4.69, 9.17) is 0 Å². The van der Waals surface area contributed by atoms with Gasteiger partial charge in [0.15, 0.2) is 0 Å². The highest BCUT2D eigenvalue weighted by atomic mass is 32.1. The Hall–Kier alpha value is -3.12. The van der Waals surface area contributed by atoms with E-state index in [-0.39, 0.29) is 0 Å². The minimum absolute atomic E-state index is 0.417. The molecule has 4 aromatic rings. The summed E-state index contributed by atoms with van der Waals surface area (Å²) in [6.45, 7) is 0. The first-order valence-electron chi connectivity index (χ1n) is 8.14. The van der Waals surface area contributed by atoms with Crippen molar-refractivity contribution in [1.82, 2.24) is 15.0 Å². The van der Waals surface area contributed by atoms with Crippen LogP contribution in [-0.2, 0) is 0 Å². The van der Waals surface area contributed by atoms with Crippen LogP contribution in [0.25, 0.3) is 33.9 Å². The van der Waals surface area contributed by atoms with E-state index in [1.54, 1.807) is 12.1 Å². The van der Waals surface area contributed by atoms with E-state index in [1.165, 1.54) is 12.1 Å². The van der Waals surface area contributed by atoms with E-state index < -0.39 is 11.6 Å². The molecule has 132 valence electrons. The fourth-order valence-corrected chi connectivity index (χ4v) is 2.82. The summed E-state index contributed by atoms with van der Waals surface area (Å²) in [5, 5.41) is 0. The third kappa shape index (κ3) is 3.85. The minimum Gasteiger partial charge on any atom is -0.252 e. The maximum absolute atomic E-state index is 13.2. The Balaban J connectivity index is 1.89. The first-order valence-corrected chi connectivity index (χ1v) is 8.58. The van der Waals surface area contributed by atoms with Crippen LogP contribution in [0, 0.1) is 11.6 Å². The lowest BCUT2D eigenvalue weighted by molar-refractivity contribution is 0.621. The molecule has 0 N–H and O–H groups in total. The Morgan fingerprint density at radius 3 is 1.56 bits per heavy atom. The number of hydrogen-bond acceptors (Lipinski definition) is 4. The molecule has 0 bridgehead atoms. The van der Waals surface area contributed by atoms with Crippen LogP contribution in [0.15, 0.2) is 78.0 Å². The number of halogens is 2. The molecule has 6 heteroatoms. The van der Waals surface area contributed by atoms with Gasteiger partial charge in [0.1, 0.15) is 11.6 Å². The summed E-state index contributed by atoms with van der Waals surface area (Å²) >= 11 is 4.31. The Morgan fingerprint density at radius 2 is 1.11 bits per heavy atom. The lowest BCUT2D eigenvalue weighted by atomic mass is 10.0. The van der Waals surface area contributed by atoms with Gasteiger partial charge in [-0.25, -0.2) is 13.8 Å². The molecule has 1 aromatic carbocycles. The fraction of sp³-hybridized carbons (Fsp3) is 0. The maximum atomic E-state index is 13.2. The van der Waals surface area contributed by atoms with Crippen LogP contribution in [-0.4, -0.2) is 15.0 Å². The van der Waals surface area contributed by atoms with Gasteiger partial charge in [-0.2, -0.15) is 0 Å². The van der Waals surface area contributed by atoms with E-state index in [0.717, 1.165) is 28.4 Å². The standard InChI is InChI=1S/C21H13F2N3S/c22-15-3-7-18(24-11-15)20-9-14(13-1-5-17(27)6-2-13)10-21(26-20)19-8-4-16(23)12-25-19/h1-12,27H. The molecule has 3 nitrogen and oxygen atoms in total. The summed E-state index contributed by atoms with van der Waals surface area (Å²) in [6, 6.07) is 17.2. The number of pyridine rings is 3. The van der Waals surface area contributed by atoms with Crippen molar-refractivity contribution in [3.8, 4) is 33.9 Å². The molecule has 0 atom stereocenters. The second-order valence-corrected chi connectivity index (χ2v) is 6.41. The molecule has 0 aliphatic rings. The Morgan fingerprint density at radius 1 is 0.593 bits per heavy atom. The molecule has 0 radical (unpaired) electrons. The first kappa shape index (κ1) is 17.3. The zero-order valence-corrected chi connectivity index (χ0v) is 14.9. The van der Waals surface area contributed by atoms with Crippen molar-refractivity contribution in [3.63, 3.8) is 0 Å². The first-order chi connectivity index (χ1) is 13.1. The molecule has 0 fully saturated rings. The molecule has 0 spiro atoms. The molecule has 3 aromatic heterocycles. The molecule has 0 saturated heterocycles. The number of benzene rings is 1. The van der Waals surface area contributed by atoms with E-state index in [1.807, 2.05) is 36.4 Å². The van der Waals surface area contributed by atoms with Crippen molar-refractivity contribution in [3.05, 3.63) is 84.7 Å². The Kier molecular flexibility index (Phi) is 4.64. The predicted molar refractivity (Wildman–Crippen MR) is 103 cm³/mol. The predicted octanol–water partition coefficient (Wildman–Crippen LogP) is 5.44. The van der Waals surface area contributed by atoms with E-state index in [0.29, 0.717) is 22.8 Å². The molecule has 0 unspecified atom stereocenters. The highest BCUT2D eigenvalue weighted by Gasteiger charge is 2.11. The number of nitrogens with zero attached hydrogens (tertiary/aromatic N) is 3. The zero-order valence-electron chi connectivity index (χ0n) is 14.0. The number of thiol groups is 1. The number of rotatable bonds is 3. The maximum Gasteiger partial charge on any atom is 0.141 e. The van der Waals surface area contributed by atoms with Gasteiger partial charge in [0.25, 0.3) is 0 Å². The summed E-state index contributed by atoms with van der Waals surface area (Å²) in [5.41, 5.74) is 4.06. The summed E-state index contributed by atoms with van der Waals surface area (Å²) in [4.78, 5) is 13.7. The van der Waals surface area contributed by atoms with Crippen molar-refractivity contribution in [2.75, 3.05) is 0 Å². The highest BCUT2D eigenvalue weighted by Crippen LogP contribution is 2.29. The smallest absolute Gasteiger partial charge is 0.141 e. The average Bonchev–Trinajstić information content (AvgIpc) is 2.69. The van der Waals surface area contributed by atoms with Crippen LogP contribution >= 0.6 is 12.6 Å². The van der Waals surface area contributed by atoms with Crippen molar-refractivity contribution in [2.45, 2.75) is 4.90 Å². The Bertz CT molecular complexity index is 926. The molecular formula is C21H13F2N3S. The lowest BCUT2D eigenvalue weighted by Crippen LogP contribution is -1.95. The average molecular weight is 377 g/mol. The van der Waals surface area contributed by atoms with Crippen LogP contribution in [0.4, 0.5) is 8.78 Å². The lowest BCUT2D eigenvalue weighted by Gasteiger charge is -2.09. The molecule has 0 saturated carbocycles. The SMILES string of the molecule is Fc1ccc(-c2cc(-c3ccc(S)cc3)cc(-c3ccc(F)cn3)n2)nc1. The van der Waals surface area contributed by atoms with E-state index in [9.17, 15) is 8.78 Å².